The van der Waals surface area contributed by atoms with Crippen LogP contribution in [0, 0.1) is 5.82 Å². The van der Waals surface area contributed by atoms with Crippen molar-refractivity contribution in [2.24, 2.45) is 0 Å². The first-order valence-electron chi connectivity index (χ1n) is 5.85. The number of ether oxygens (including phenoxy) is 1. The molecule has 1 aromatic rings. The van der Waals surface area contributed by atoms with Crippen LogP contribution in [0.15, 0.2) is 24.3 Å². The maximum Gasteiger partial charge on any atom is 0.165 e. The van der Waals surface area contributed by atoms with Gasteiger partial charge in [0.2, 0.25) is 0 Å². The van der Waals surface area contributed by atoms with E-state index in [1.54, 1.807) is 12.1 Å². The number of hydrogen-bond acceptors (Lipinski definition) is 4. The number of nitrogens with one attached hydrogen (secondary N) is 1. The van der Waals surface area contributed by atoms with Gasteiger partial charge in [0.1, 0.15) is 12.7 Å². The molecule has 0 aliphatic carbocycles. The third-order valence-corrected chi connectivity index (χ3v) is 1.97. The predicted molar refractivity (Wildman–Crippen MR) is 66.7 cm³/mol. The molecule has 0 saturated carbocycles. The van der Waals surface area contributed by atoms with Gasteiger partial charge in [0.25, 0.3) is 0 Å². The summed E-state index contributed by atoms with van der Waals surface area (Å²) in [5, 5.41) is 9.61. The molecular weight excluding hydrogens is 237 g/mol. The fourth-order valence-electron chi connectivity index (χ4n) is 1.16. The van der Waals surface area contributed by atoms with Crippen LogP contribution < -0.4 is 10.2 Å². The van der Waals surface area contributed by atoms with Gasteiger partial charge in [-0.05, 0) is 32.9 Å². The van der Waals surface area contributed by atoms with E-state index >= 15 is 0 Å². The first kappa shape index (κ1) is 14.9. The van der Waals surface area contributed by atoms with E-state index < -0.39 is 11.9 Å². The lowest BCUT2D eigenvalue weighted by Gasteiger charge is -2.21. The molecule has 0 amide bonds. The van der Waals surface area contributed by atoms with Gasteiger partial charge in [-0.25, -0.2) is 4.39 Å². The van der Waals surface area contributed by atoms with Crippen LogP contribution in [-0.4, -0.2) is 30.0 Å². The molecule has 2 N–H and O–H groups in total. The summed E-state index contributed by atoms with van der Waals surface area (Å²) in [7, 11) is 0. The molecule has 0 radical (unpaired) electrons. The van der Waals surface area contributed by atoms with E-state index in [1.165, 1.54) is 12.1 Å². The van der Waals surface area contributed by atoms with Gasteiger partial charge in [0, 0.05) is 0 Å². The summed E-state index contributed by atoms with van der Waals surface area (Å²) >= 11 is 0. The van der Waals surface area contributed by atoms with Crippen LogP contribution in [0.3, 0.4) is 0 Å². The number of hydrogen-bond donors (Lipinski definition) is 2. The van der Waals surface area contributed by atoms with E-state index in [1.807, 2.05) is 20.8 Å². The molecule has 1 atom stereocenters. The first-order chi connectivity index (χ1) is 8.38. The number of halogens is 1. The van der Waals surface area contributed by atoms with Gasteiger partial charge in [-0.15, -0.1) is 0 Å². The second-order valence-corrected chi connectivity index (χ2v) is 4.96. The minimum absolute atomic E-state index is 0.00142. The molecule has 0 fully saturated rings. The first-order valence-corrected chi connectivity index (χ1v) is 5.85. The van der Waals surface area contributed by atoms with E-state index in [-0.39, 0.29) is 24.5 Å². The number of aliphatic hydroxyl groups is 1. The number of aliphatic hydroxyl groups excluding tert-OH is 1. The lowest BCUT2D eigenvalue weighted by Crippen LogP contribution is -2.36. The summed E-state index contributed by atoms with van der Waals surface area (Å²) in [5.74, 6) is -0.308. The Labute approximate surface area is 107 Å². The van der Waals surface area contributed by atoms with Crippen LogP contribution in [0.2, 0.25) is 0 Å². The molecule has 0 aliphatic rings. The molecule has 1 unspecified atom stereocenters. The SMILES string of the molecule is CC(C)(C)ONCC(O)COc1ccccc1F. The molecule has 0 heterocycles. The summed E-state index contributed by atoms with van der Waals surface area (Å²) in [6, 6.07) is 6.08. The lowest BCUT2D eigenvalue weighted by atomic mass is 10.2. The zero-order chi connectivity index (χ0) is 13.6. The van der Waals surface area contributed by atoms with E-state index in [4.69, 9.17) is 9.57 Å². The second kappa shape index (κ2) is 6.68. The number of hydroxylamine groups is 1. The quantitative estimate of drug-likeness (QED) is 0.764. The zero-order valence-corrected chi connectivity index (χ0v) is 10.9. The van der Waals surface area contributed by atoms with Crippen molar-refractivity contribution in [1.82, 2.24) is 5.48 Å². The summed E-state index contributed by atoms with van der Waals surface area (Å²) < 4.78 is 18.4. The molecule has 1 aromatic carbocycles. The van der Waals surface area contributed by atoms with Gasteiger partial charge in [0.05, 0.1) is 12.1 Å². The monoisotopic (exact) mass is 257 g/mol. The molecule has 0 saturated heterocycles. The Morgan fingerprint density at radius 3 is 2.61 bits per heavy atom. The maximum absolute atomic E-state index is 13.2. The number of rotatable bonds is 6. The fourth-order valence-corrected chi connectivity index (χ4v) is 1.16. The van der Waals surface area contributed by atoms with Gasteiger partial charge in [0.15, 0.2) is 11.6 Å². The second-order valence-electron chi connectivity index (χ2n) is 4.96. The highest BCUT2D eigenvalue weighted by Gasteiger charge is 2.12. The average molecular weight is 257 g/mol. The molecule has 5 heteroatoms. The third-order valence-electron chi connectivity index (χ3n) is 1.97. The summed E-state index contributed by atoms with van der Waals surface area (Å²) in [5.41, 5.74) is 2.32. The standard InChI is InChI=1S/C13H20FNO3/c1-13(2,3)18-15-8-10(16)9-17-12-7-5-4-6-11(12)14/h4-7,10,15-16H,8-9H2,1-3H3. The number of benzene rings is 1. The van der Waals surface area contributed by atoms with Crippen molar-refractivity contribution in [2.45, 2.75) is 32.5 Å². The Balaban J connectivity index is 2.25. The van der Waals surface area contributed by atoms with Crippen molar-refractivity contribution in [1.29, 1.82) is 0 Å². The molecule has 0 aliphatic heterocycles. The molecule has 1 rings (SSSR count). The minimum atomic E-state index is -0.771. The topological polar surface area (TPSA) is 50.7 Å². The van der Waals surface area contributed by atoms with Crippen LogP contribution >= 0.6 is 0 Å². The molecule has 0 bridgehead atoms. The molecule has 18 heavy (non-hydrogen) atoms. The molecule has 4 nitrogen and oxygen atoms in total. The van der Waals surface area contributed by atoms with Gasteiger partial charge >= 0.3 is 0 Å². The highest BCUT2D eigenvalue weighted by atomic mass is 19.1. The van der Waals surface area contributed by atoms with Gasteiger partial charge < -0.3 is 9.84 Å². The highest BCUT2D eigenvalue weighted by molar-refractivity contribution is 5.23. The summed E-state index contributed by atoms with van der Waals surface area (Å²) in [6.45, 7) is 5.89. The van der Waals surface area contributed by atoms with Crippen molar-refractivity contribution >= 4 is 0 Å². The number of para-hydroxylation sites is 1. The fraction of sp³-hybridized carbons (Fsp3) is 0.538. The summed E-state index contributed by atoms with van der Waals surface area (Å²) in [4.78, 5) is 5.24. The average Bonchev–Trinajstić information content (AvgIpc) is 2.26. The van der Waals surface area contributed by atoms with Crippen LogP contribution in [0.4, 0.5) is 4.39 Å². The van der Waals surface area contributed by atoms with Crippen LogP contribution in [0.5, 0.6) is 5.75 Å². The van der Waals surface area contributed by atoms with Crippen molar-refractivity contribution in [2.75, 3.05) is 13.2 Å². The van der Waals surface area contributed by atoms with Crippen molar-refractivity contribution in [3.63, 3.8) is 0 Å². The van der Waals surface area contributed by atoms with Crippen molar-refractivity contribution in [3.8, 4) is 5.75 Å². The Morgan fingerprint density at radius 1 is 1.33 bits per heavy atom. The zero-order valence-electron chi connectivity index (χ0n) is 10.9. The van der Waals surface area contributed by atoms with E-state index in [9.17, 15) is 9.50 Å². The molecular formula is C13H20FNO3. The Morgan fingerprint density at radius 2 is 2.00 bits per heavy atom. The Hall–Kier alpha value is -1.17. The van der Waals surface area contributed by atoms with Crippen LogP contribution in [0.25, 0.3) is 0 Å². The van der Waals surface area contributed by atoms with Crippen molar-refractivity contribution in [3.05, 3.63) is 30.1 Å². The molecule has 102 valence electrons. The smallest absolute Gasteiger partial charge is 0.165 e. The molecule has 0 spiro atoms. The summed E-state index contributed by atoms with van der Waals surface area (Å²) in [6.07, 6.45) is -0.771. The van der Waals surface area contributed by atoms with Crippen LogP contribution in [-0.2, 0) is 4.84 Å². The van der Waals surface area contributed by atoms with Crippen LogP contribution in [0.1, 0.15) is 20.8 Å². The van der Waals surface area contributed by atoms with Gasteiger partial charge in [-0.2, -0.15) is 5.48 Å². The predicted octanol–water partition coefficient (Wildman–Crippen LogP) is 1.89. The third kappa shape index (κ3) is 5.95. The van der Waals surface area contributed by atoms with Gasteiger partial charge in [-0.3, -0.25) is 4.84 Å². The highest BCUT2D eigenvalue weighted by Crippen LogP contribution is 2.15. The largest absolute Gasteiger partial charge is 0.488 e. The van der Waals surface area contributed by atoms with E-state index in [2.05, 4.69) is 5.48 Å². The lowest BCUT2D eigenvalue weighted by molar-refractivity contribution is -0.0857. The van der Waals surface area contributed by atoms with Crippen molar-refractivity contribution < 1.29 is 19.1 Å². The normalized spacial score (nSPS) is 13.4. The molecule has 0 aromatic heterocycles. The minimum Gasteiger partial charge on any atom is -0.488 e. The Bertz CT molecular complexity index is 365. The van der Waals surface area contributed by atoms with Gasteiger partial charge in [-0.1, -0.05) is 12.1 Å². The Kier molecular flexibility index (Phi) is 5.53. The van der Waals surface area contributed by atoms with E-state index in [0.717, 1.165) is 0 Å². The maximum atomic E-state index is 13.2. The van der Waals surface area contributed by atoms with E-state index in [0.29, 0.717) is 0 Å².